The van der Waals surface area contributed by atoms with E-state index in [1.54, 1.807) is 0 Å². The molecule has 0 unspecified atom stereocenters. The van der Waals surface area contributed by atoms with Gasteiger partial charge in [-0.15, -0.1) is 35.9 Å². The molecule has 4 heterocycles. The summed E-state index contributed by atoms with van der Waals surface area (Å²) in [5, 5.41) is 7.04. The summed E-state index contributed by atoms with van der Waals surface area (Å²) in [6.07, 6.45) is 5.75. The maximum absolute atomic E-state index is 6.59. The second-order valence-corrected chi connectivity index (χ2v) is 17.4. The van der Waals surface area contributed by atoms with E-state index in [9.17, 15) is 0 Å². The van der Waals surface area contributed by atoms with Crippen molar-refractivity contribution in [3.05, 3.63) is 230 Å². The van der Waals surface area contributed by atoms with Crippen LogP contribution in [0.15, 0.2) is 206 Å². The fourth-order valence-corrected chi connectivity index (χ4v) is 10.0. The van der Waals surface area contributed by atoms with Gasteiger partial charge >= 0.3 is 0 Å². The largest absolute Gasteiger partial charge is 0.503 e. The van der Waals surface area contributed by atoms with Gasteiger partial charge in [0.15, 0.2) is 0 Å². The van der Waals surface area contributed by atoms with Crippen LogP contribution in [0.2, 0.25) is 0 Å². The van der Waals surface area contributed by atoms with Crippen LogP contribution in [0.5, 0.6) is 11.5 Å². The van der Waals surface area contributed by atoms with Gasteiger partial charge in [-0.1, -0.05) is 141 Å². The van der Waals surface area contributed by atoms with E-state index in [-0.39, 0.29) is 21.1 Å². The summed E-state index contributed by atoms with van der Waals surface area (Å²) in [5.41, 5.74) is 13.3. The fraction of sp³-hybridized carbons (Fsp3) is 0.0492. The minimum Gasteiger partial charge on any atom is -0.503 e. The van der Waals surface area contributed by atoms with Gasteiger partial charge in [-0.3, -0.25) is 4.57 Å². The summed E-state index contributed by atoms with van der Waals surface area (Å²) < 4.78 is 15.7. The molecule has 0 aliphatic heterocycles. The summed E-state index contributed by atoms with van der Waals surface area (Å²) in [4.78, 5) is 4.81. The number of aromatic nitrogens is 5. The molecule has 7 heteroatoms. The summed E-state index contributed by atoms with van der Waals surface area (Å²) in [6.45, 7) is 4.44. The van der Waals surface area contributed by atoms with Gasteiger partial charge in [0, 0.05) is 60.3 Å². The number of nitrogens with zero attached hydrogens (tertiary/aromatic N) is 5. The van der Waals surface area contributed by atoms with Crippen LogP contribution in [0.3, 0.4) is 0 Å². The number of pyridine rings is 1. The molecule has 0 bridgehead atoms. The zero-order valence-corrected chi connectivity index (χ0v) is 39.4. The van der Waals surface area contributed by atoms with Crippen molar-refractivity contribution >= 4 is 65.4 Å². The molecule has 0 radical (unpaired) electrons. The van der Waals surface area contributed by atoms with Gasteiger partial charge in [-0.2, -0.15) is 12.1 Å². The Morgan fingerprint density at radius 2 is 1.03 bits per heavy atom. The molecule has 0 atom stereocenters. The first kappa shape index (κ1) is 41.4. The Morgan fingerprint density at radius 1 is 0.500 bits per heavy atom. The zero-order chi connectivity index (χ0) is 44.6. The summed E-state index contributed by atoms with van der Waals surface area (Å²) >= 11 is 0. The molecule has 13 aromatic rings. The van der Waals surface area contributed by atoms with Crippen LogP contribution in [0.1, 0.15) is 25.3 Å². The van der Waals surface area contributed by atoms with Crippen molar-refractivity contribution in [2.24, 2.45) is 0 Å². The van der Waals surface area contributed by atoms with Crippen molar-refractivity contribution in [3.63, 3.8) is 0 Å². The Balaban J connectivity index is 0.00000480. The molecule has 0 aliphatic rings. The van der Waals surface area contributed by atoms with Gasteiger partial charge in [0.05, 0.1) is 44.5 Å². The molecule has 4 aromatic heterocycles. The van der Waals surface area contributed by atoms with Crippen molar-refractivity contribution in [2.45, 2.75) is 19.8 Å². The van der Waals surface area contributed by atoms with Crippen molar-refractivity contribution in [2.75, 3.05) is 0 Å². The van der Waals surface area contributed by atoms with Gasteiger partial charge in [-0.05, 0) is 76.1 Å². The molecule has 328 valence electrons. The second-order valence-electron chi connectivity index (χ2n) is 17.4. The third kappa shape index (κ3) is 6.66. The van der Waals surface area contributed by atoms with Gasteiger partial charge in [-0.25, -0.2) is 0 Å². The molecular formula is C61H41N5OPt-2. The number of benzene rings is 9. The van der Waals surface area contributed by atoms with Crippen LogP contribution < -0.4 is 9.30 Å². The minimum atomic E-state index is 0. The number of para-hydroxylation sites is 7. The first-order valence-corrected chi connectivity index (χ1v) is 22.7. The van der Waals surface area contributed by atoms with Gasteiger partial charge in [0.1, 0.15) is 5.69 Å². The predicted molar refractivity (Wildman–Crippen MR) is 271 cm³/mol. The summed E-state index contributed by atoms with van der Waals surface area (Å²) in [5.74, 6) is 1.58. The maximum atomic E-state index is 6.59. The van der Waals surface area contributed by atoms with Crippen molar-refractivity contribution in [1.82, 2.24) is 18.7 Å². The van der Waals surface area contributed by atoms with Crippen LogP contribution in [0.4, 0.5) is 0 Å². The molecule has 0 amide bonds. The third-order valence-electron chi connectivity index (χ3n) is 13.1. The molecule has 6 nitrogen and oxygen atoms in total. The monoisotopic (exact) mass is 1050 g/mol. The molecule has 13 rings (SSSR count). The standard InChI is InChI=1S/C61H41N5O.Pt/c1-40(2)41-32-33-47-42(36-41)34-35-62-60(47)43-16-13-18-45(37-43)67-46-19-14-17-44(38-46)63-39-64(57-29-12-11-28-56(57)63)61-58(65-52-24-7-3-20-48(52)49-21-4-8-25-53(49)65)30-15-31-59(61)66-54-26-9-5-22-50(54)51-23-6-10-27-55(51)66;/h3-36,40H,1-2H3;/q-2;. The molecule has 0 fully saturated rings. The Morgan fingerprint density at radius 3 is 1.63 bits per heavy atom. The third-order valence-corrected chi connectivity index (χ3v) is 13.1. The number of imidazole rings is 1. The van der Waals surface area contributed by atoms with E-state index in [1.165, 1.54) is 27.1 Å². The number of hydrogen-bond acceptors (Lipinski definition) is 2. The normalized spacial score (nSPS) is 11.7. The predicted octanol–water partition coefficient (Wildman–Crippen LogP) is 14.6. The summed E-state index contributed by atoms with van der Waals surface area (Å²) in [7, 11) is 0. The number of fused-ring (bicyclic) bond motifs is 8. The van der Waals surface area contributed by atoms with Crippen LogP contribution in [-0.4, -0.2) is 18.7 Å². The van der Waals surface area contributed by atoms with E-state index in [0.29, 0.717) is 17.4 Å². The Kier molecular flexibility index (Phi) is 10.1. The van der Waals surface area contributed by atoms with E-state index in [2.05, 4.69) is 220 Å². The van der Waals surface area contributed by atoms with Crippen molar-refractivity contribution in [3.8, 4) is 45.5 Å². The minimum absolute atomic E-state index is 0. The molecule has 68 heavy (non-hydrogen) atoms. The quantitative estimate of drug-likeness (QED) is 0.112. The first-order chi connectivity index (χ1) is 33.1. The van der Waals surface area contributed by atoms with Gasteiger partial charge in [0.25, 0.3) is 6.33 Å². The Labute approximate surface area is 407 Å². The average molecular weight is 1060 g/mol. The Bertz CT molecular complexity index is 3840. The molecule has 0 saturated heterocycles. The topological polar surface area (TPSA) is 40.8 Å². The van der Waals surface area contributed by atoms with E-state index in [4.69, 9.17) is 9.72 Å². The molecule has 0 aliphatic carbocycles. The summed E-state index contributed by atoms with van der Waals surface area (Å²) in [6, 6.07) is 77.7. The van der Waals surface area contributed by atoms with Gasteiger partial charge in [0.2, 0.25) is 0 Å². The van der Waals surface area contributed by atoms with Crippen LogP contribution >= 0.6 is 0 Å². The number of hydrogen-bond donors (Lipinski definition) is 0. The second kappa shape index (κ2) is 16.7. The van der Waals surface area contributed by atoms with Crippen molar-refractivity contribution in [1.29, 1.82) is 0 Å². The Hall–Kier alpha value is -8.05. The first-order valence-electron chi connectivity index (χ1n) is 22.7. The van der Waals surface area contributed by atoms with Gasteiger partial charge < -0.3 is 23.4 Å². The van der Waals surface area contributed by atoms with Crippen LogP contribution in [0, 0.1) is 18.5 Å². The van der Waals surface area contributed by atoms with Crippen LogP contribution in [-0.2, 0) is 21.1 Å². The molecule has 9 aromatic carbocycles. The average Bonchev–Trinajstić information content (AvgIpc) is 4.04. The smallest absolute Gasteiger partial charge is 0.268 e. The SMILES string of the molecule is CC(C)c1ccc2c(-c3[c-]c(Oc4[c-]c(-n5[c-][n+](-c6c(-n7c8ccccc8c8ccccc87)cccc6-n6c7ccccc7c7ccccc76)c6ccccc65)ccc4)ccc3)nccc2c1.[Pt]. The van der Waals surface area contributed by atoms with E-state index < -0.39 is 0 Å². The van der Waals surface area contributed by atoms with E-state index >= 15 is 0 Å². The fourth-order valence-electron chi connectivity index (χ4n) is 10.0. The molecule has 0 spiro atoms. The number of ether oxygens (including phenoxy) is 1. The molecular weight excluding hydrogens is 1010 g/mol. The molecule has 0 N–H and O–H groups in total. The molecule has 0 saturated carbocycles. The van der Waals surface area contributed by atoms with E-state index in [0.717, 1.165) is 77.9 Å². The number of rotatable bonds is 8. The van der Waals surface area contributed by atoms with E-state index in [1.807, 2.05) is 36.5 Å². The maximum Gasteiger partial charge on any atom is 0.268 e. The van der Waals surface area contributed by atoms with Crippen LogP contribution in [0.25, 0.3) is 99.4 Å². The van der Waals surface area contributed by atoms with Crippen molar-refractivity contribution < 1.29 is 30.4 Å². The zero-order valence-electron chi connectivity index (χ0n) is 37.2.